The second-order valence-corrected chi connectivity index (χ2v) is 3.02. The Bertz CT molecular complexity index is 120. The van der Waals surface area contributed by atoms with Crippen molar-refractivity contribution in [2.45, 2.75) is 4.83 Å². The Morgan fingerprint density at radius 1 is 1.82 bits per heavy atom. The van der Waals surface area contributed by atoms with E-state index < -0.39 is 0 Å². The van der Waals surface area contributed by atoms with Gasteiger partial charge in [-0.05, 0) is 0 Å². The number of aliphatic hydroxyl groups is 1. The fourth-order valence-corrected chi connectivity index (χ4v) is 0.935. The number of esters is 1. The third-order valence-corrected chi connectivity index (χ3v) is 1.77. The van der Waals surface area contributed by atoms with E-state index in [1.165, 1.54) is 7.11 Å². The molecule has 0 spiro atoms. The van der Waals surface area contributed by atoms with Gasteiger partial charge < -0.3 is 15.2 Å². The number of hydrogen-bond acceptors (Lipinski definition) is 4. The van der Waals surface area contributed by atoms with Crippen LogP contribution in [0.15, 0.2) is 0 Å². The minimum atomic E-state index is -0.334. The van der Waals surface area contributed by atoms with Crippen LogP contribution in [-0.4, -0.2) is 42.7 Å². The predicted molar refractivity (Wildman–Crippen MR) is 44.7 cm³/mol. The Morgan fingerprint density at radius 2 is 2.45 bits per heavy atom. The summed E-state index contributed by atoms with van der Waals surface area (Å²) in [7, 11) is 1.34. The van der Waals surface area contributed by atoms with Gasteiger partial charge in [-0.1, -0.05) is 15.9 Å². The molecule has 0 saturated carbocycles. The molecule has 5 heteroatoms. The molecule has 0 heterocycles. The predicted octanol–water partition coefficient (Wildman–Crippen LogP) is -0.495. The first-order valence-corrected chi connectivity index (χ1v) is 4.17. The third kappa shape index (κ3) is 5.17. The number of aliphatic hydroxyl groups excluding tert-OH is 1. The van der Waals surface area contributed by atoms with Crippen LogP contribution in [0, 0.1) is 0 Å². The summed E-state index contributed by atoms with van der Waals surface area (Å²) in [5.74, 6) is -0.310. The summed E-state index contributed by atoms with van der Waals surface area (Å²) >= 11 is 3.11. The Balaban J connectivity index is 3.36. The van der Waals surface area contributed by atoms with Gasteiger partial charge in [-0.15, -0.1) is 0 Å². The molecular weight excluding hydrogens is 214 g/mol. The highest BCUT2D eigenvalue weighted by molar-refractivity contribution is 9.10. The fraction of sp³-hybridized carbons (Fsp3) is 0.833. The number of ether oxygens (including phenoxy) is 1. The maximum absolute atomic E-state index is 10.7. The van der Waals surface area contributed by atoms with Crippen molar-refractivity contribution >= 4 is 21.9 Å². The molecule has 0 aromatic carbocycles. The zero-order valence-electron chi connectivity index (χ0n) is 6.34. The minimum absolute atomic E-state index is 0.0703. The Kier molecular flexibility index (Phi) is 6.49. The van der Waals surface area contributed by atoms with Gasteiger partial charge in [0.25, 0.3) is 0 Å². The number of rotatable bonds is 5. The Labute approximate surface area is 74.1 Å². The van der Waals surface area contributed by atoms with Crippen LogP contribution in [-0.2, 0) is 9.53 Å². The van der Waals surface area contributed by atoms with Crippen LogP contribution in [0.3, 0.4) is 0 Å². The number of halogens is 1. The van der Waals surface area contributed by atoms with Gasteiger partial charge in [0.05, 0.1) is 13.7 Å². The molecule has 0 fully saturated rings. The van der Waals surface area contributed by atoms with Gasteiger partial charge in [-0.2, -0.15) is 0 Å². The molecule has 1 atom stereocenters. The molecule has 4 nitrogen and oxygen atoms in total. The SMILES string of the molecule is COC(=O)C(Br)CNCCO. The summed E-state index contributed by atoms with van der Waals surface area (Å²) in [5.41, 5.74) is 0. The maximum Gasteiger partial charge on any atom is 0.320 e. The molecule has 66 valence electrons. The monoisotopic (exact) mass is 225 g/mol. The largest absolute Gasteiger partial charge is 0.468 e. The summed E-state index contributed by atoms with van der Waals surface area (Å²) in [6.07, 6.45) is 0. The van der Waals surface area contributed by atoms with Crippen molar-refractivity contribution in [1.82, 2.24) is 5.32 Å². The fourth-order valence-electron chi connectivity index (χ4n) is 0.519. The molecule has 0 rings (SSSR count). The second kappa shape index (κ2) is 6.57. The number of nitrogens with one attached hydrogen (secondary N) is 1. The van der Waals surface area contributed by atoms with E-state index in [-0.39, 0.29) is 17.4 Å². The van der Waals surface area contributed by atoms with E-state index in [1.807, 2.05) is 0 Å². The molecule has 0 saturated heterocycles. The van der Waals surface area contributed by atoms with E-state index in [9.17, 15) is 4.79 Å². The first kappa shape index (κ1) is 10.9. The lowest BCUT2D eigenvalue weighted by atomic mass is 10.4. The minimum Gasteiger partial charge on any atom is -0.468 e. The van der Waals surface area contributed by atoms with Gasteiger partial charge in [0.15, 0.2) is 0 Å². The first-order chi connectivity index (χ1) is 5.22. The molecule has 0 bridgehead atoms. The van der Waals surface area contributed by atoms with Crippen LogP contribution in [0.1, 0.15) is 0 Å². The lowest BCUT2D eigenvalue weighted by Gasteiger charge is -2.07. The van der Waals surface area contributed by atoms with Gasteiger partial charge >= 0.3 is 5.97 Å². The highest BCUT2D eigenvalue weighted by Gasteiger charge is 2.13. The topological polar surface area (TPSA) is 58.6 Å². The zero-order chi connectivity index (χ0) is 8.69. The van der Waals surface area contributed by atoms with Crippen LogP contribution in [0.4, 0.5) is 0 Å². The lowest BCUT2D eigenvalue weighted by Crippen LogP contribution is -2.31. The summed E-state index contributed by atoms with van der Waals surface area (Å²) < 4.78 is 4.45. The van der Waals surface area contributed by atoms with E-state index in [4.69, 9.17) is 5.11 Å². The van der Waals surface area contributed by atoms with Crippen molar-refractivity contribution in [1.29, 1.82) is 0 Å². The second-order valence-electron chi connectivity index (χ2n) is 1.92. The molecule has 0 aliphatic carbocycles. The van der Waals surface area contributed by atoms with E-state index in [1.54, 1.807) is 0 Å². The average Bonchev–Trinajstić information content (AvgIpc) is 2.03. The molecule has 0 aliphatic heterocycles. The smallest absolute Gasteiger partial charge is 0.320 e. The molecule has 0 amide bonds. The summed E-state index contributed by atoms with van der Waals surface area (Å²) in [4.78, 5) is 10.4. The average molecular weight is 226 g/mol. The normalized spacial score (nSPS) is 12.6. The van der Waals surface area contributed by atoms with E-state index in [2.05, 4.69) is 26.0 Å². The van der Waals surface area contributed by atoms with Crippen molar-refractivity contribution in [2.24, 2.45) is 0 Å². The summed E-state index contributed by atoms with van der Waals surface area (Å²) in [6.45, 7) is 1.02. The first-order valence-electron chi connectivity index (χ1n) is 3.25. The number of alkyl halides is 1. The van der Waals surface area contributed by atoms with Crippen molar-refractivity contribution in [3.05, 3.63) is 0 Å². The number of carbonyl (C=O) groups is 1. The van der Waals surface area contributed by atoms with Gasteiger partial charge in [-0.3, -0.25) is 4.79 Å². The van der Waals surface area contributed by atoms with Crippen molar-refractivity contribution in [2.75, 3.05) is 26.8 Å². The van der Waals surface area contributed by atoms with Crippen molar-refractivity contribution in [3.63, 3.8) is 0 Å². The molecule has 1 unspecified atom stereocenters. The molecule has 0 aliphatic rings. The van der Waals surface area contributed by atoms with E-state index in [0.717, 1.165) is 0 Å². The molecule has 2 N–H and O–H groups in total. The van der Waals surface area contributed by atoms with Crippen LogP contribution in [0.2, 0.25) is 0 Å². The number of carbonyl (C=O) groups excluding carboxylic acids is 1. The van der Waals surface area contributed by atoms with Gasteiger partial charge in [-0.25, -0.2) is 0 Å². The van der Waals surface area contributed by atoms with Gasteiger partial charge in [0.2, 0.25) is 0 Å². The Hall–Kier alpha value is -0.130. The van der Waals surface area contributed by atoms with Crippen LogP contribution < -0.4 is 5.32 Å². The maximum atomic E-state index is 10.7. The highest BCUT2D eigenvalue weighted by Crippen LogP contribution is 1.98. The molecular formula is C6H12BrNO3. The van der Waals surface area contributed by atoms with E-state index >= 15 is 0 Å². The molecule has 0 radical (unpaired) electrons. The van der Waals surface area contributed by atoms with Crippen molar-refractivity contribution in [3.8, 4) is 0 Å². The summed E-state index contributed by atoms with van der Waals surface area (Å²) in [5, 5.41) is 11.2. The quantitative estimate of drug-likeness (QED) is 0.377. The standard InChI is InChI=1S/C6H12BrNO3/c1-11-6(10)5(7)4-8-2-3-9/h5,8-9H,2-4H2,1H3. The van der Waals surface area contributed by atoms with Gasteiger partial charge in [0.1, 0.15) is 4.83 Å². The molecule has 11 heavy (non-hydrogen) atoms. The zero-order valence-corrected chi connectivity index (χ0v) is 7.93. The molecule has 0 aromatic rings. The highest BCUT2D eigenvalue weighted by atomic mass is 79.9. The van der Waals surface area contributed by atoms with Crippen molar-refractivity contribution < 1.29 is 14.6 Å². The third-order valence-electron chi connectivity index (χ3n) is 1.07. The van der Waals surface area contributed by atoms with E-state index in [0.29, 0.717) is 13.1 Å². The van der Waals surface area contributed by atoms with Crippen LogP contribution in [0.5, 0.6) is 0 Å². The van der Waals surface area contributed by atoms with Crippen LogP contribution >= 0.6 is 15.9 Å². The van der Waals surface area contributed by atoms with Crippen LogP contribution in [0.25, 0.3) is 0 Å². The number of hydrogen-bond donors (Lipinski definition) is 2. The Morgan fingerprint density at radius 3 is 2.91 bits per heavy atom. The van der Waals surface area contributed by atoms with Gasteiger partial charge in [0, 0.05) is 13.1 Å². The lowest BCUT2D eigenvalue weighted by molar-refractivity contribution is -0.139. The summed E-state index contributed by atoms with van der Waals surface area (Å²) in [6, 6.07) is 0. The number of methoxy groups -OCH3 is 1. The molecule has 0 aromatic heterocycles.